The largest absolute Gasteiger partial charge is 0.300 e. The van der Waals surface area contributed by atoms with E-state index >= 15 is 0 Å². The van der Waals surface area contributed by atoms with Crippen LogP contribution in [0.5, 0.6) is 0 Å². The highest BCUT2D eigenvalue weighted by Gasteiger charge is 2.00. The molecule has 15 heavy (non-hydrogen) atoms. The van der Waals surface area contributed by atoms with Crippen molar-refractivity contribution >= 4 is 0 Å². The predicted octanol–water partition coefficient (Wildman–Crippen LogP) is 1.53. The van der Waals surface area contributed by atoms with E-state index in [0.29, 0.717) is 12.4 Å². The van der Waals surface area contributed by atoms with Crippen LogP contribution in [0.15, 0.2) is 42.7 Å². The van der Waals surface area contributed by atoms with E-state index in [0.717, 1.165) is 11.1 Å². The van der Waals surface area contributed by atoms with Gasteiger partial charge in [0.05, 0.1) is 6.61 Å². The van der Waals surface area contributed by atoms with E-state index in [2.05, 4.69) is 14.8 Å². The van der Waals surface area contributed by atoms with Gasteiger partial charge in [0.2, 0.25) is 0 Å². The summed E-state index contributed by atoms with van der Waals surface area (Å²) < 4.78 is 0. The van der Waals surface area contributed by atoms with Gasteiger partial charge in [-0.2, -0.15) is 0 Å². The van der Waals surface area contributed by atoms with Gasteiger partial charge in [0, 0.05) is 18.0 Å². The third-order valence-corrected chi connectivity index (χ3v) is 2.00. The minimum atomic E-state index is 0.390. The van der Waals surface area contributed by atoms with Crippen molar-refractivity contribution in [1.29, 1.82) is 0 Å². The number of nitrogens with zero attached hydrogens (tertiary/aromatic N) is 2. The molecule has 2 N–H and O–H groups in total. The summed E-state index contributed by atoms with van der Waals surface area (Å²) in [5, 5.41) is 0. The first-order valence-electron chi connectivity index (χ1n) is 4.58. The Morgan fingerprint density at radius 1 is 1.13 bits per heavy atom. The van der Waals surface area contributed by atoms with Crippen LogP contribution in [-0.4, -0.2) is 9.97 Å². The molecule has 0 radical (unpaired) electrons. The summed E-state index contributed by atoms with van der Waals surface area (Å²) in [6.45, 7) is 0.390. The molecule has 0 fully saturated rings. The minimum absolute atomic E-state index is 0.390. The minimum Gasteiger partial charge on any atom is -0.300 e. The van der Waals surface area contributed by atoms with Crippen molar-refractivity contribution in [2.24, 2.45) is 5.90 Å². The molecule has 0 aliphatic rings. The highest BCUT2D eigenvalue weighted by molar-refractivity contribution is 5.55. The van der Waals surface area contributed by atoms with E-state index < -0.39 is 0 Å². The van der Waals surface area contributed by atoms with Gasteiger partial charge in [0.15, 0.2) is 5.82 Å². The number of hydrogen-bond donors (Lipinski definition) is 1. The van der Waals surface area contributed by atoms with E-state index in [9.17, 15) is 0 Å². The highest BCUT2D eigenvalue weighted by Crippen LogP contribution is 2.15. The van der Waals surface area contributed by atoms with Crippen LogP contribution in [0.25, 0.3) is 11.4 Å². The molecule has 0 atom stereocenters. The monoisotopic (exact) mass is 201 g/mol. The normalized spacial score (nSPS) is 10.2. The Hall–Kier alpha value is -1.78. The van der Waals surface area contributed by atoms with Crippen molar-refractivity contribution in [3.8, 4) is 11.4 Å². The maximum absolute atomic E-state index is 5.02. The van der Waals surface area contributed by atoms with Crippen LogP contribution >= 0.6 is 0 Å². The van der Waals surface area contributed by atoms with Crippen LogP contribution in [0.2, 0.25) is 0 Å². The van der Waals surface area contributed by atoms with Gasteiger partial charge in [-0.25, -0.2) is 15.9 Å². The summed E-state index contributed by atoms with van der Waals surface area (Å²) in [7, 11) is 0. The molecular weight excluding hydrogens is 190 g/mol. The van der Waals surface area contributed by atoms with Crippen molar-refractivity contribution in [2.45, 2.75) is 6.61 Å². The van der Waals surface area contributed by atoms with Gasteiger partial charge >= 0.3 is 0 Å². The van der Waals surface area contributed by atoms with Gasteiger partial charge in [-0.1, -0.05) is 18.2 Å². The molecule has 0 aliphatic heterocycles. The van der Waals surface area contributed by atoms with Gasteiger partial charge in [0.1, 0.15) is 0 Å². The molecule has 1 aromatic heterocycles. The van der Waals surface area contributed by atoms with E-state index in [1.54, 1.807) is 18.5 Å². The fraction of sp³-hybridized carbons (Fsp3) is 0.0909. The predicted molar refractivity (Wildman–Crippen MR) is 56.4 cm³/mol. The van der Waals surface area contributed by atoms with Crippen molar-refractivity contribution in [1.82, 2.24) is 9.97 Å². The maximum Gasteiger partial charge on any atom is 0.159 e. The lowest BCUT2D eigenvalue weighted by atomic mass is 10.1. The van der Waals surface area contributed by atoms with E-state index in [1.165, 1.54) is 0 Å². The van der Waals surface area contributed by atoms with Gasteiger partial charge in [-0.05, 0) is 17.7 Å². The van der Waals surface area contributed by atoms with Crippen LogP contribution in [0.3, 0.4) is 0 Å². The summed E-state index contributed by atoms with van der Waals surface area (Å²) in [6, 6.07) is 9.58. The van der Waals surface area contributed by atoms with E-state index in [1.807, 2.05) is 24.3 Å². The number of aromatic nitrogens is 2. The average Bonchev–Trinajstić information content (AvgIpc) is 2.31. The molecule has 0 amide bonds. The Balaban J connectivity index is 2.33. The Labute approximate surface area is 87.7 Å². The molecule has 2 aromatic rings. The zero-order valence-electron chi connectivity index (χ0n) is 8.13. The second-order valence-corrected chi connectivity index (χ2v) is 3.08. The SMILES string of the molecule is NOCc1cccc(-c2ncccn2)c1. The molecular formula is C11H11N3O. The third-order valence-electron chi connectivity index (χ3n) is 2.00. The van der Waals surface area contributed by atoms with Crippen LogP contribution in [0.1, 0.15) is 5.56 Å². The van der Waals surface area contributed by atoms with E-state index in [4.69, 9.17) is 5.90 Å². The number of rotatable bonds is 3. The zero-order valence-corrected chi connectivity index (χ0v) is 8.13. The smallest absolute Gasteiger partial charge is 0.159 e. The van der Waals surface area contributed by atoms with Crippen LogP contribution < -0.4 is 5.90 Å². The third kappa shape index (κ3) is 2.37. The zero-order chi connectivity index (χ0) is 10.5. The Morgan fingerprint density at radius 3 is 2.67 bits per heavy atom. The fourth-order valence-electron chi connectivity index (χ4n) is 1.34. The van der Waals surface area contributed by atoms with Crippen LogP contribution in [-0.2, 0) is 11.4 Å². The van der Waals surface area contributed by atoms with Crippen LogP contribution in [0, 0.1) is 0 Å². The number of nitrogens with two attached hydrogens (primary N) is 1. The lowest BCUT2D eigenvalue weighted by Gasteiger charge is -2.02. The second-order valence-electron chi connectivity index (χ2n) is 3.08. The van der Waals surface area contributed by atoms with Crippen molar-refractivity contribution in [2.75, 3.05) is 0 Å². The van der Waals surface area contributed by atoms with Crippen molar-refractivity contribution in [3.63, 3.8) is 0 Å². The van der Waals surface area contributed by atoms with Crippen LogP contribution in [0.4, 0.5) is 0 Å². The van der Waals surface area contributed by atoms with Crippen molar-refractivity contribution in [3.05, 3.63) is 48.3 Å². The molecule has 1 aromatic carbocycles. The molecule has 1 heterocycles. The summed E-state index contributed by atoms with van der Waals surface area (Å²) >= 11 is 0. The number of hydrogen-bond acceptors (Lipinski definition) is 4. The summed E-state index contributed by atoms with van der Waals surface area (Å²) in [5.74, 6) is 5.72. The standard InChI is InChI=1S/C11H11N3O/c12-15-8-9-3-1-4-10(7-9)11-13-5-2-6-14-11/h1-7H,8,12H2. The average molecular weight is 201 g/mol. The molecule has 0 spiro atoms. The Bertz CT molecular complexity index is 431. The molecule has 0 unspecified atom stereocenters. The first kappa shape index (κ1) is 9.76. The first-order chi connectivity index (χ1) is 7.40. The van der Waals surface area contributed by atoms with Gasteiger partial charge < -0.3 is 0 Å². The molecule has 4 nitrogen and oxygen atoms in total. The van der Waals surface area contributed by atoms with E-state index in [-0.39, 0.29) is 0 Å². The molecule has 0 bridgehead atoms. The molecule has 76 valence electrons. The molecule has 2 rings (SSSR count). The Kier molecular flexibility index (Phi) is 3.02. The Morgan fingerprint density at radius 2 is 1.93 bits per heavy atom. The second kappa shape index (κ2) is 4.63. The quantitative estimate of drug-likeness (QED) is 0.765. The summed E-state index contributed by atoms with van der Waals surface area (Å²) in [4.78, 5) is 12.9. The molecule has 4 heteroatoms. The molecule has 0 saturated heterocycles. The molecule has 0 saturated carbocycles. The maximum atomic E-state index is 5.02. The molecule has 0 aliphatic carbocycles. The fourth-order valence-corrected chi connectivity index (χ4v) is 1.34. The topological polar surface area (TPSA) is 61.0 Å². The first-order valence-corrected chi connectivity index (χ1v) is 4.58. The van der Waals surface area contributed by atoms with Gasteiger partial charge in [0.25, 0.3) is 0 Å². The summed E-state index contributed by atoms with van der Waals surface area (Å²) in [5.41, 5.74) is 1.97. The summed E-state index contributed by atoms with van der Waals surface area (Å²) in [6.07, 6.45) is 3.43. The van der Waals surface area contributed by atoms with Crippen molar-refractivity contribution < 1.29 is 4.84 Å². The number of benzene rings is 1. The van der Waals surface area contributed by atoms with Gasteiger partial charge in [-0.3, -0.25) is 4.84 Å². The lowest BCUT2D eigenvalue weighted by molar-refractivity contribution is 0.124. The van der Waals surface area contributed by atoms with Gasteiger partial charge in [-0.15, -0.1) is 0 Å². The lowest BCUT2D eigenvalue weighted by Crippen LogP contribution is -1.99. The highest BCUT2D eigenvalue weighted by atomic mass is 16.6.